The van der Waals surface area contributed by atoms with Crippen LogP contribution in [-0.4, -0.2) is 30.0 Å². The molecule has 1 aliphatic heterocycles. The highest BCUT2D eigenvalue weighted by Gasteiger charge is 2.28. The van der Waals surface area contributed by atoms with Gasteiger partial charge in [-0.2, -0.15) is 4.31 Å². The highest BCUT2D eigenvalue weighted by molar-refractivity contribution is 7.89. The minimum Gasteiger partial charge on any atom is -0.244 e. The summed E-state index contributed by atoms with van der Waals surface area (Å²) in [6.07, 6.45) is 2.28. The van der Waals surface area contributed by atoms with Crippen molar-refractivity contribution in [3.8, 4) is 0 Å². The van der Waals surface area contributed by atoms with Crippen molar-refractivity contribution in [1.29, 1.82) is 0 Å². The maximum Gasteiger partial charge on any atom is 0.214 e. The zero-order valence-electron chi connectivity index (χ0n) is 8.06. The summed E-state index contributed by atoms with van der Waals surface area (Å²) in [5.41, 5.74) is 0.754. The van der Waals surface area contributed by atoms with Crippen LogP contribution >= 0.6 is 11.6 Å². The van der Waals surface area contributed by atoms with E-state index in [9.17, 15) is 8.42 Å². The van der Waals surface area contributed by atoms with Crippen LogP contribution in [-0.2, 0) is 16.6 Å². The van der Waals surface area contributed by atoms with E-state index >= 15 is 0 Å². The first-order chi connectivity index (χ1) is 7.09. The average Bonchev–Trinajstić information content (AvgIpc) is 2.50. The van der Waals surface area contributed by atoms with E-state index in [1.54, 1.807) is 18.3 Å². The fourth-order valence-electron chi connectivity index (χ4n) is 1.60. The van der Waals surface area contributed by atoms with Crippen molar-refractivity contribution < 1.29 is 8.42 Å². The third-order valence-electron chi connectivity index (χ3n) is 2.39. The normalized spacial score (nSPS) is 20.6. The predicted molar refractivity (Wildman–Crippen MR) is 58.1 cm³/mol. The summed E-state index contributed by atoms with van der Waals surface area (Å²) in [6, 6.07) is 3.55. The fourth-order valence-corrected chi connectivity index (χ4v) is 3.27. The lowest BCUT2D eigenvalue weighted by atomic mass is 10.3. The fraction of sp³-hybridized carbons (Fsp3) is 0.444. The molecule has 0 amide bonds. The monoisotopic (exact) mass is 246 g/mol. The molecule has 0 saturated carbocycles. The Morgan fingerprint density at radius 2 is 2.33 bits per heavy atom. The second-order valence-electron chi connectivity index (χ2n) is 3.46. The molecule has 4 nitrogen and oxygen atoms in total. The third-order valence-corrected chi connectivity index (χ3v) is 4.63. The summed E-state index contributed by atoms with van der Waals surface area (Å²) in [7, 11) is -3.06. The van der Waals surface area contributed by atoms with Crippen molar-refractivity contribution in [2.24, 2.45) is 0 Å². The smallest absolute Gasteiger partial charge is 0.214 e. The van der Waals surface area contributed by atoms with Gasteiger partial charge in [-0.15, -0.1) is 0 Å². The van der Waals surface area contributed by atoms with Gasteiger partial charge in [-0.25, -0.2) is 13.4 Å². The van der Waals surface area contributed by atoms with Crippen molar-refractivity contribution in [3.63, 3.8) is 0 Å². The molecule has 15 heavy (non-hydrogen) atoms. The van der Waals surface area contributed by atoms with Crippen LogP contribution in [0.4, 0.5) is 0 Å². The lowest BCUT2D eigenvalue weighted by molar-refractivity contribution is 0.439. The summed E-state index contributed by atoms with van der Waals surface area (Å²) in [6.45, 7) is 0.905. The molecule has 0 atom stereocenters. The van der Waals surface area contributed by atoms with Gasteiger partial charge in [-0.1, -0.05) is 17.7 Å². The molecule has 2 heterocycles. The van der Waals surface area contributed by atoms with E-state index in [-0.39, 0.29) is 5.75 Å². The van der Waals surface area contributed by atoms with Gasteiger partial charge in [0.15, 0.2) is 0 Å². The Bertz CT molecular complexity index is 461. The van der Waals surface area contributed by atoms with Gasteiger partial charge in [-0.3, -0.25) is 0 Å². The van der Waals surface area contributed by atoms with E-state index in [0.717, 1.165) is 5.56 Å². The molecule has 1 saturated heterocycles. The van der Waals surface area contributed by atoms with E-state index in [0.29, 0.717) is 24.7 Å². The van der Waals surface area contributed by atoms with Crippen LogP contribution in [0.2, 0.25) is 5.15 Å². The summed E-state index contributed by atoms with van der Waals surface area (Å²) < 4.78 is 24.5. The van der Waals surface area contributed by atoms with E-state index in [2.05, 4.69) is 4.98 Å². The van der Waals surface area contributed by atoms with Gasteiger partial charge in [0, 0.05) is 24.8 Å². The van der Waals surface area contributed by atoms with Crippen molar-refractivity contribution in [2.45, 2.75) is 13.0 Å². The van der Waals surface area contributed by atoms with Crippen molar-refractivity contribution >= 4 is 21.6 Å². The molecule has 6 heteroatoms. The summed E-state index contributed by atoms with van der Waals surface area (Å²) in [5, 5.41) is 0.375. The number of hydrogen-bond donors (Lipinski definition) is 0. The van der Waals surface area contributed by atoms with Crippen LogP contribution < -0.4 is 0 Å². The second-order valence-corrected chi connectivity index (χ2v) is 5.90. The molecule has 82 valence electrons. The number of hydrogen-bond acceptors (Lipinski definition) is 3. The van der Waals surface area contributed by atoms with Crippen molar-refractivity contribution in [2.75, 3.05) is 12.3 Å². The summed E-state index contributed by atoms with van der Waals surface area (Å²) in [4.78, 5) is 3.91. The average molecular weight is 247 g/mol. The molecule has 1 aliphatic rings. The Labute approximate surface area is 93.9 Å². The molecule has 0 spiro atoms. The number of sulfonamides is 1. The molecule has 1 fully saturated rings. The Morgan fingerprint density at radius 1 is 1.53 bits per heavy atom. The van der Waals surface area contributed by atoms with Crippen LogP contribution in [0, 0.1) is 0 Å². The van der Waals surface area contributed by atoms with Crippen LogP contribution in [0.3, 0.4) is 0 Å². The van der Waals surface area contributed by atoms with Crippen LogP contribution in [0.1, 0.15) is 12.0 Å². The summed E-state index contributed by atoms with van der Waals surface area (Å²) in [5.74, 6) is 0.241. The van der Waals surface area contributed by atoms with Crippen LogP contribution in [0.5, 0.6) is 0 Å². The molecule has 0 radical (unpaired) electrons. The number of aromatic nitrogens is 1. The molecular formula is C9H11ClN2O2S. The SMILES string of the molecule is O=S1(=O)CCCN1Cc1cccnc1Cl. The largest absolute Gasteiger partial charge is 0.244 e. The lowest BCUT2D eigenvalue weighted by Gasteiger charge is -2.14. The van der Waals surface area contributed by atoms with E-state index in [1.807, 2.05) is 0 Å². The second kappa shape index (κ2) is 4.08. The van der Waals surface area contributed by atoms with Crippen molar-refractivity contribution in [3.05, 3.63) is 29.0 Å². The van der Waals surface area contributed by atoms with Crippen molar-refractivity contribution in [1.82, 2.24) is 9.29 Å². The van der Waals surface area contributed by atoms with Crippen LogP contribution in [0.25, 0.3) is 0 Å². The highest BCUT2D eigenvalue weighted by atomic mass is 35.5. The first-order valence-electron chi connectivity index (χ1n) is 4.67. The van der Waals surface area contributed by atoms with E-state index in [1.165, 1.54) is 4.31 Å². The zero-order chi connectivity index (χ0) is 10.9. The molecule has 0 aromatic carbocycles. The minimum absolute atomic E-state index is 0.241. The molecule has 1 aromatic heterocycles. The number of pyridine rings is 1. The van der Waals surface area contributed by atoms with Gasteiger partial charge in [0.2, 0.25) is 10.0 Å². The Hall–Kier alpha value is -0.650. The van der Waals surface area contributed by atoms with Gasteiger partial charge in [-0.05, 0) is 12.5 Å². The molecule has 2 rings (SSSR count). The maximum absolute atomic E-state index is 11.5. The standard InChI is InChI=1S/C9H11ClN2O2S/c10-9-8(3-1-4-11-9)7-12-5-2-6-15(12,13)14/h1,3-4H,2,5-7H2. The first-order valence-corrected chi connectivity index (χ1v) is 6.65. The number of nitrogens with zero attached hydrogens (tertiary/aromatic N) is 2. The maximum atomic E-state index is 11.5. The highest BCUT2D eigenvalue weighted by Crippen LogP contribution is 2.20. The van der Waals surface area contributed by atoms with E-state index in [4.69, 9.17) is 11.6 Å². The molecule has 0 N–H and O–H groups in total. The van der Waals surface area contributed by atoms with E-state index < -0.39 is 10.0 Å². The van der Waals surface area contributed by atoms with Gasteiger partial charge < -0.3 is 0 Å². The summed E-state index contributed by atoms with van der Waals surface area (Å²) >= 11 is 5.86. The number of rotatable bonds is 2. The zero-order valence-corrected chi connectivity index (χ0v) is 9.63. The van der Waals surface area contributed by atoms with Gasteiger partial charge >= 0.3 is 0 Å². The predicted octanol–water partition coefficient (Wildman–Crippen LogP) is 1.27. The molecular weight excluding hydrogens is 236 g/mol. The Kier molecular flexibility index (Phi) is 2.95. The van der Waals surface area contributed by atoms with Gasteiger partial charge in [0.05, 0.1) is 5.75 Å². The van der Waals surface area contributed by atoms with Gasteiger partial charge in [0.25, 0.3) is 0 Å². The molecule has 1 aromatic rings. The van der Waals surface area contributed by atoms with Gasteiger partial charge in [0.1, 0.15) is 5.15 Å². The Balaban J connectivity index is 2.20. The molecule has 0 bridgehead atoms. The Morgan fingerprint density at radius 3 is 2.93 bits per heavy atom. The van der Waals surface area contributed by atoms with Crippen LogP contribution in [0.15, 0.2) is 18.3 Å². The molecule has 0 unspecified atom stereocenters. The third kappa shape index (κ3) is 2.30. The molecule has 0 aliphatic carbocycles. The first kappa shape index (κ1) is 10.9. The lowest BCUT2D eigenvalue weighted by Crippen LogP contribution is -2.25. The number of halogens is 1. The quantitative estimate of drug-likeness (QED) is 0.739. The topological polar surface area (TPSA) is 50.3 Å². The minimum atomic E-state index is -3.06.